The van der Waals surface area contributed by atoms with Crippen LogP contribution in [0.2, 0.25) is 0 Å². The fourth-order valence-corrected chi connectivity index (χ4v) is 2.29. The Kier molecular flexibility index (Phi) is 6.09. The number of ether oxygens (including phenoxy) is 1. The van der Waals surface area contributed by atoms with Crippen LogP contribution in [0.5, 0.6) is 0 Å². The molecule has 110 valence electrons. The monoisotopic (exact) mass is 344 g/mol. The summed E-state index contributed by atoms with van der Waals surface area (Å²) in [4.78, 5) is 23.8. The first kappa shape index (κ1) is 16.6. The average molecular weight is 345 g/mol. The van der Waals surface area contributed by atoms with Crippen LogP contribution in [0.4, 0.5) is 5.69 Å². The van der Waals surface area contributed by atoms with E-state index in [4.69, 9.17) is 0 Å². The second-order valence-corrected chi connectivity index (χ2v) is 5.57. The number of methoxy groups -OCH3 is 1. The third-order valence-corrected chi connectivity index (χ3v) is 3.37. The van der Waals surface area contributed by atoms with E-state index in [9.17, 15) is 14.9 Å². The van der Waals surface area contributed by atoms with Gasteiger partial charge in [-0.3, -0.25) is 14.9 Å². The number of nitrogens with zero attached hydrogens (tertiary/aromatic N) is 2. The van der Waals surface area contributed by atoms with Crippen LogP contribution in [0, 0.1) is 16.0 Å². The van der Waals surface area contributed by atoms with Gasteiger partial charge in [0, 0.05) is 29.2 Å². The van der Waals surface area contributed by atoms with E-state index in [1.807, 2.05) is 11.9 Å². The minimum absolute atomic E-state index is 0.0666. The number of carbonyl (C=O) groups is 1. The Labute approximate surface area is 126 Å². The zero-order valence-electron chi connectivity index (χ0n) is 11.6. The smallest absolute Gasteiger partial charge is 0.309 e. The molecule has 20 heavy (non-hydrogen) atoms. The van der Waals surface area contributed by atoms with Gasteiger partial charge in [0.1, 0.15) is 0 Å². The number of rotatable bonds is 6. The van der Waals surface area contributed by atoms with E-state index in [0.717, 1.165) is 0 Å². The van der Waals surface area contributed by atoms with E-state index >= 15 is 0 Å². The van der Waals surface area contributed by atoms with Crippen molar-refractivity contribution in [3.63, 3.8) is 0 Å². The lowest BCUT2D eigenvalue weighted by molar-refractivity contribution is -0.385. The van der Waals surface area contributed by atoms with E-state index in [-0.39, 0.29) is 17.6 Å². The third-order valence-electron chi connectivity index (χ3n) is 2.87. The molecule has 0 spiro atoms. The lowest BCUT2D eigenvalue weighted by Crippen LogP contribution is -2.29. The molecule has 0 amide bonds. The van der Waals surface area contributed by atoms with Crippen LogP contribution in [-0.4, -0.2) is 36.5 Å². The highest BCUT2D eigenvalue weighted by Crippen LogP contribution is 2.24. The number of hydrogen-bond donors (Lipinski definition) is 0. The summed E-state index contributed by atoms with van der Waals surface area (Å²) >= 11 is 3.22. The highest BCUT2D eigenvalue weighted by molar-refractivity contribution is 9.10. The molecule has 0 aromatic heterocycles. The average Bonchev–Trinajstić information content (AvgIpc) is 2.39. The molecule has 0 radical (unpaired) electrons. The van der Waals surface area contributed by atoms with Crippen molar-refractivity contribution in [3.05, 3.63) is 38.3 Å². The SMILES string of the molecule is COC(=O)C(C)CN(C)Cc1ccc(Br)cc1[N+](=O)[O-]. The molecule has 1 aromatic rings. The fourth-order valence-electron chi connectivity index (χ4n) is 1.94. The van der Waals surface area contributed by atoms with Gasteiger partial charge in [0.05, 0.1) is 18.0 Å². The topological polar surface area (TPSA) is 72.7 Å². The van der Waals surface area contributed by atoms with Crippen molar-refractivity contribution in [3.8, 4) is 0 Å². The van der Waals surface area contributed by atoms with Gasteiger partial charge in [-0.25, -0.2) is 0 Å². The summed E-state index contributed by atoms with van der Waals surface area (Å²) in [6.07, 6.45) is 0. The number of nitro groups is 1. The van der Waals surface area contributed by atoms with Crippen molar-refractivity contribution in [2.45, 2.75) is 13.5 Å². The summed E-state index contributed by atoms with van der Waals surface area (Å²) in [6.45, 7) is 2.63. The Hall–Kier alpha value is -1.47. The Morgan fingerprint density at radius 2 is 2.20 bits per heavy atom. The zero-order valence-corrected chi connectivity index (χ0v) is 13.2. The van der Waals surface area contributed by atoms with Crippen molar-refractivity contribution < 1.29 is 14.5 Å². The highest BCUT2D eigenvalue weighted by Gasteiger charge is 2.19. The summed E-state index contributed by atoms with van der Waals surface area (Å²) in [7, 11) is 3.16. The van der Waals surface area contributed by atoms with Crippen LogP contribution < -0.4 is 0 Å². The lowest BCUT2D eigenvalue weighted by atomic mass is 10.1. The molecule has 6 nitrogen and oxygen atoms in total. The molecule has 7 heteroatoms. The molecular formula is C13H17BrN2O4. The quantitative estimate of drug-likeness (QED) is 0.450. The van der Waals surface area contributed by atoms with Crippen molar-refractivity contribution >= 4 is 27.6 Å². The molecule has 1 aromatic carbocycles. The van der Waals surface area contributed by atoms with Gasteiger partial charge in [-0.1, -0.05) is 22.9 Å². The maximum atomic E-state index is 11.4. The molecule has 0 saturated carbocycles. The molecule has 0 bridgehead atoms. The summed E-state index contributed by atoms with van der Waals surface area (Å²) in [5.74, 6) is -0.568. The molecule has 0 saturated heterocycles. The van der Waals surface area contributed by atoms with Gasteiger partial charge >= 0.3 is 5.97 Å². The molecule has 0 fully saturated rings. The number of carbonyl (C=O) groups excluding carboxylic acids is 1. The summed E-state index contributed by atoms with van der Waals surface area (Å²) in [5, 5.41) is 11.0. The number of nitro benzene ring substituents is 1. The number of halogens is 1. The van der Waals surface area contributed by atoms with Crippen LogP contribution >= 0.6 is 15.9 Å². The normalized spacial score (nSPS) is 12.2. The van der Waals surface area contributed by atoms with Crippen LogP contribution in [0.3, 0.4) is 0 Å². The van der Waals surface area contributed by atoms with Gasteiger partial charge in [0.15, 0.2) is 0 Å². The molecule has 0 aliphatic carbocycles. The Bertz CT molecular complexity index is 507. The number of hydrogen-bond acceptors (Lipinski definition) is 5. The van der Waals surface area contributed by atoms with Crippen LogP contribution in [0.15, 0.2) is 22.7 Å². The zero-order chi connectivity index (χ0) is 15.3. The second kappa shape index (κ2) is 7.35. The van der Waals surface area contributed by atoms with Gasteiger partial charge in [-0.05, 0) is 19.2 Å². The number of benzene rings is 1. The first-order valence-corrected chi connectivity index (χ1v) is 6.83. The van der Waals surface area contributed by atoms with Crippen LogP contribution in [0.25, 0.3) is 0 Å². The highest BCUT2D eigenvalue weighted by atomic mass is 79.9. The molecule has 0 N–H and O–H groups in total. The maximum Gasteiger partial charge on any atom is 0.309 e. The van der Waals surface area contributed by atoms with Crippen molar-refractivity contribution in [1.82, 2.24) is 4.90 Å². The molecule has 0 aliphatic rings. The molecule has 1 atom stereocenters. The predicted molar refractivity (Wildman–Crippen MR) is 78.3 cm³/mol. The van der Waals surface area contributed by atoms with Crippen LogP contribution in [-0.2, 0) is 16.1 Å². The number of esters is 1. The van der Waals surface area contributed by atoms with Crippen molar-refractivity contribution in [1.29, 1.82) is 0 Å². The van der Waals surface area contributed by atoms with Gasteiger partial charge in [-0.2, -0.15) is 0 Å². The van der Waals surface area contributed by atoms with Gasteiger partial charge in [0.2, 0.25) is 0 Å². The molecule has 0 aliphatic heterocycles. The van der Waals surface area contributed by atoms with E-state index in [1.165, 1.54) is 13.2 Å². The predicted octanol–water partition coefficient (Wildman–Crippen LogP) is 2.60. The standard InChI is InChI=1S/C13H17BrN2O4/c1-9(13(17)20-3)7-15(2)8-10-4-5-11(14)6-12(10)16(18)19/h4-6,9H,7-8H2,1-3H3. The Morgan fingerprint density at radius 3 is 2.75 bits per heavy atom. The van der Waals surface area contributed by atoms with Crippen molar-refractivity contribution in [2.75, 3.05) is 20.7 Å². The molecular weight excluding hydrogens is 328 g/mol. The van der Waals surface area contributed by atoms with Gasteiger partial charge in [-0.15, -0.1) is 0 Å². The minimum atomic E-state index is -0.405. The van der Waals surface area contributed by atoms with E-state index in [0.29, 0.717) is 23.1 Å². The van der Waals surface area contributed by atoms with Gasteiger partial charge in [0.25, 0.3) is 5.69 Å². The summed E-state index contributed by atoms with van der Waals surface area (Å²) in [6, 6.07) is 4.95. The van der Waals surface area contributed by atoms with E-state index in [2.05, 4.69) is 20.7 Å². The second-order valence-electron chi connectivity index (χ2n) is 4.65. The molecule has 1 unspecified atom stereocenters. The Balaban J connectivity index is 2.78. The molecule has 1 rings (SSSR count). The first-order valence-electron chi connectivity index (χ1n) is 6.04. The third kappa shape index (κ3) is 4.57. The summed E-state index contributed by atoms with van der Waals surface area (Å²) < 4.78 is 5.33. The fraction of sp³-hybridized carbons (Fsp3) is 0.462. The van der Waals surface area contributed by atoms with Crippen molar-refractivity contribution in [2.24, 2.45) is 5.92 Å². The van der Waals surface area contributed by atoms with Crippen LogP contribution in [0.1, 0.15) is 12.5 Å². The minimum Gasteiger partial charge on any atom is -0.469 e. The van der Waals surface area contributed by atoms with E-state index < -0.39 is 4.92 Å². The maximum absolute atomic E-state index is 11.4. The van der Waals surface area contributed by atoms with Gasteiger partial charge < -0.3 is 9.64 Å². The van der Waals surface area contributed by atoms with E-state index in [1.54, 1.807) is 19.1 Å². The summed E-state index contributed by atoms with van der Waals surface area (Å²) in [5.41, 5.74) is 0.676. The molecule has 0 heterocycles. The lowest BCUT2D eigenvalue weighted by Gasteiger charge is -2.19. The largest absolute Gasteiger partial charge is 0.469 e. The Morgan fingerprint density at radius 1 is 1.55 bits per heavy atom. The first-order chi connectivity index (χ1) is 9.35.